The van der Waals surface area contributed by atoms with Gasteiger partial charge in [0.15, 0.2) is 4.32 Å². The number of nitrogens with zero attached hydrogens (tertiary/aromatic N) is 1. The maximum Gasteiger partial charge on any atom is 0.217 e. The van der Waals surface area contributed by atoms with Crippen LogP contribution in [0.25, 0.3) is 0 Å². The Labute approximate surface area is 82.0 Å². The summed E-state index contributed by atoms with van der Waals surface area (Å²) >= 11 is 6.33. The average Bonchev–Trinajstić information content (AvgIpc) is 2.15. The molecular formula is C7H12N2OS2. The molecule has 0 aromatic heterocycles. The van der Waals surface area contributed by atoms with Crippen molar-refractivity contribution in [1.29, 1.82) is 0 Å². The van der Waals surface area contributed by atoms with E-state index >= 15 is 0 Å². The lowest BCUT2D eigenvalue weighted by Crippen LogP contribution is -2.33. The number of piperidine rings is 1. The second-order valence-electron chi connectivity index (χ2n) is 2.65. The maximum atomic E-state index is 9.98. The molecule has 68 valence electrons. The molecule has 0 unspecified atom stereocenters. The lowest BCUT2D eigenvalue weighted by Gasteiger charge is -2.27. The first kappa shape index (κ1) is 9.80. The first-order valence-electron chi connectivity index (χ1n) is 3.99. The topological polar surface area (TPSA) is 32.3 Å². The van der Waals surface area contributed by atoms with Crippen molar-refractivity contribution in [3.8, 4) is 0 Å². The zero-order valence-corrected chi connectivity index (χ0v) is 8.42. The van der Waals surface area contributed by atoms with Crippen molar-refractivity contribution in [2.45, 2.75) is 19.3 Å². The van der Waals surface area contributed by atoms with Crippen molar-refractivity contribution in [3.63, 3.8) is 0 Å². The summed E-state index contributed by atoms with van der Waals surface area (Å²) in [6.45, 7) is 2.07. The Morgan fingerprint density at radius 1 is 1.42 bits per heavy atom. The van der Waals surface area contributed by atoms with Crippen molar-refractivity contribution in [2.75, 3.05) is 13.1 Å². The highest BCUT2D eigenvalue weighted by Gasteiger charge is 2.12. The van der Waals surface area contributed by atoms with E-state index in [-0.39, 0.29) is 0 Å². The van der Waals surface area contributed by atoms with Gasteiger partial charge in [-0.3, -0.25) is 9.52 Å². The van der Waals surface area contributed by atoms with Gasteiger partial charge in [0.25, 0.3) is 0 Å². The van der Waals surface area contributed by atoms with Crippen LogP contribution in [0.4, 0.5) is 0 Å². The monoisotopic (exact) mass is 204 g/mol. The summed E-state index contributed by atoms with van der Waals surface area (Å²) in [7, 11) is 0. The number of amides is 1. The lowest BCUT2D eigenvalue weighted by atomic mass is 10.1. The predicted molar refractivity (Wildman–Crippen MR) is 54.8 cm³/mol. The number of nitrogens with one attached hydrogen (secondary N) is 1. The van der Waals surface area contributed by atoms with Gasteiger partial charge in [0.05, 0.1) is 0 Å². The minimum Gasteiger partial charge on any atom is -0.356 e. The number of hydrogen-bond donors (Lipinski definition) is 1. The summed E-state index contributed by atoms with van der Waals surface area (Å²) in [5, 5.41) is 0. The molecule has 1 aliphatic rings. The Bertz CT molecular complexity index is 169. The molecule has 1 aliphatic heterocycles. The molecule has 12 heavy (non-hydrogen) atoms. The van der Waals surface area contributed by atoms with Crippen molar-refractivity contribution >= 4 is 34.9 Å². The van der Waals surface area contributed by atoms with Crippen LogP contribution in [0.5, 0.6) is 0 Å². The summed E-state index contributed by atoms with van der Waals surface area (Å²) in [6.07, 6.45) is 4.37. The van der Waals surface area contributed by atoms with Crippen molar-refractivity contribution < 1.29 is 4.79 Å². The van der Waals surface area contributed by atoms with Gasteiger partial charge in [0.2, 0.25) is 6.41 Å². The summed E-state index contributed by atoms with van der Waals surface area (Å²) in [5.41, 5.74) is 0. The molecule has 1 heterocycles. The molecule has 0 saturated carbocycles. The molecule has 1 saturated heterocycles. The predicted octanol–water partition coefficient (Wildman–Crippen LogP) is 1.15. The number of likely N-dealkylation sites (tertiary alicyclic amines) is 1. The number of carbonyl (C=O) groups is 1. The minimum atomic E-state index is 0.654. The normalized spacial score (nSPS) is 17.2. The standard InChI is InChI=1S/C7H12N2OS2/c10-6-8-12-7(11)9-4-2-1-3-5-9/h6H,1-5H2,(H,8,10). The Balaban J connectivity index is 2.24. The molecule has 1 N–H and O–H groups in total. The van der Waals surface area contributed by atoms with E-state index in [4.69, 9.17) is 12.2 Å². The quantitative estimate of drug-likeness (QED) is 0.415. The Kier molecular flexibility index (Phi) is 4.39. The molecule has 0 aliphatic carbocycles. The van der Waals surface area contributed by atoms with Gasteiger partial charge < -0.3 is 4.90 Å². The Morgan fingerprint density at radius 2 is 2.08 bits per heavy atom. The van der Waals surface area contributed by atoms with Gasteiger partial charge in [-0.2, -0.15) is 0 Å². The third-order valence-electron chi connectivity index (χ3n) is 1.81. The van der Waals surface area contributed by atoms with Gasteiger partial charge in [0.1, 0.15) is 0 Å². The van der Waals surface area contributed by atoms with Crippen molar-refractivity contribution in [1.82, 2.24) is 9.62 Å². The van der Waals surface area contributed by atoms with E-state index in [1.165, 1.54) is 31.2 Å². The van der Waals surface area contributed by atoms with Crippen LogP contribution < -0.4 is 4.72 Å². The number of hydrogen-bond acceptors (Lipinski definition) is 3. The molecule has 3 nitrogen and oxygen atoms in total. The highest BCUT2D eigenvalue weighted by Crippen LogP contribution is 2.13. The molecule has 0 aromatic rings. The summed E-state index contributed by atoms with van der Waals surface area (Å²) in [5.74, 6) is 0. The summed E-state index contributed by atoms with van der Waals surface area (Å²) < 4.78 is 3.28. The van der Waals surface area contributed by atoms with Crippen LogP contribution in [0.1, 0.15) is 19.3 Å². The van der Waals surface area contributed by atoms with Gasteiger partial charge in [-0.1, -0.05) is 12.2 Å². The third kappa shape index (κ3) is 2.98. The molecule has 0 atom stereocenters. The molecule has 1 fully saturated rings. The fourth-order valence-corrected chi connectivity index (χ4v) is 2.00. The van der Waals surface area contributed by atoms with Crippen LogP contribution in [-0.2, 0) is 4.79 Å². The SMILES string of the molecule is O=CNSC(=S)N1CCCCC1. The van der Waals surface area contributed by atoms with Gasteiger partial charge in [-0.25, -0.2) is 0 Å². The van der Waals surface area contributed by atoms with E-state index in [9.17, 15) is 4.79 Å². The van der Waals surface area contributed by atoms with Crippen LogP contribution in [0.2, 0.25) is 0 Å². The van der Waals surface area contributed by atoms with Gasteiger partial charge in [-0.15, -0.1) is 0 Å². The maximum absolute atomic E-state index is 9.98. The van der Waals surface area contributed by atoms with Gasteiger partial charge in [0, 0.05) is 25.0 Å². The zero-order chi connectivity index (χ0) is 8.81. The fourth-order valence-electron chi connectivity index (χ4n) is 1.22. The highest BCUT2D eigenvalue weighted by atomic mass is 32.2. The molecule has 1 amide bonds. The summed E-state index contributed by atoms with van der Waals surface area (Å²) in [4.78, 5) is 12.1. The molecule has 5 heteroatoms. The second kappa shape index (κ2) is 5.37. The Hall–Kier alpha value is -0.290. The number of rotatable bonds is 2. The first-order valence-corrected chi connectivity index (χ1v) is 5.22. The van der Waals surface area contributed by atoms with Crippen LogP contribution in [-0.4, -0.2) is 28.7 Å². The number of carbonyl (C=O) groups excluding carboxylic acids is 1. The molecule has 0 aromatic carbocycles. The summed E-state index contributed by atoms with van der Waals surface area (Å²) in [6, 6.07) is 0. The lowest BCUT2D eigenvalue weighted by molar-refractivity contribution is -0.107. The molecule has 0 radical (unpaired) electrons. The average molecular weight is 204 g/mol. The van der Waals surface area contributed by atoms with E-state index in [0.29, 0.717) is 6.41 Å². The van der Waals surface area contributed by atoms with Crippen LogP contribution in [0, 0.1) is 0 Å². The fraction of sp³-hybridized carbons (Fsp3) is 0.714. The minimum absolute atomic E-state index is 0.654. The Morgan fingerprint density at radius 3 is 2.67 bits per heavy atom. The second-order valence-corrected chi connectivity index (χ2v) is 4.12. The van der Waals surface area contributed by atoms with E-state index in [2.05, 4.69) is 9.62 Å². The van der Waals surface area contributed by atoms with E-state index in [1.54, 1.807) is 0 Å². The third-order valence-corrected chi connectivity index (χ3v) is 2.96. The van der Waals surface area contributed by atoms with Crippen molar-refractivity contribution in [3.05, 3.63) is 0 Å². The van der Waals surface area contributed by atoms with Crippen LogP contribution >= 0.6 is 24.2 Å². The van der Waals surface area contributed by atoms with E-state index < -0.39 is 0 Å². The molecule has 0 spiro atoms. The van der Waals surface area contributed by atoms with E-state index in [1.807, 2.05) is 0 Å². The first-order chi connectivity index (χ1) is 5.84. The molecule has 0 bridgehead atoms. The molecule has 1 rings (SSSR count). The zero-order valence-electron chi connectivity index (χ0n) is 6.78. The molecular weight excluding hydrogens is 192 g/mol. The largest absolute Gasteiger partial charge is 0.356 e. The van der Waals surface area contributed by atoms with Crippen molar-refractivity contribution in [2.24, 2.45) is 0 Å². The van der Waals surface area contributed by atoms with E-state index in [0.717, 1.165) is 17.4 Å². The van der Waals surface area contributed by atoms with Gasteiger partial charge >= 0.3 is 0 Å². The number of thiocarbonyl (C=S) groups is 1. The van der Waals surface area contributed by atoms with Crippen LogP contribution in [0.3, 0.4) is 0 Å². The highest BCUT2D eigenvalue weighted by molar-refractivity contribution is 8.21. The van der Waals surface area contributed by atoms with Crippen LogP contribution in [0.15, 0.2) is 0 Å². The smallest absolute Gasteiger partial charge is 0.217 e. The van der Waals surface area contributed by atoms with Gasteiger partial charge in [-0.05, 0) is 19.3 Å².